The minimum atomic E-state index is -0.601. The molecule has 1 aromatic heterocycles. The largest absolute Gasteiger partial charge is 0.496 e. The number of carbonyl (C=O) groups is 2. The topological polar surface area (TPSA) is 147 Å². The summed E-state index contributed by atoms with van der Waals surface area (Å²) in [5.41, 5.74) is 13.6. The Morgan fingerprint density at radius 2 is 2.05 bits per heavy atom. The quantitative estimate of drug-likeness (QED) is 0.398. The first-order valence-electron chi connectivity index (χ1n) is 13.1. The van der Waals surface area contributed by atoms with Gasteiger partial charge in [0.15, 0.2) is 5.69 Å². The van der Waals surface area contributed by atoms with Crippen LogP contribution in [-0.4, -0.2) is 71.7 Å². The van der Waals surface area contributed by atoms with Gasteiger partial charge in [0.25, 0.3) is 5.91 Å². The number of aromatic nitrogens is 2. The number of morpholine rings is 1. The van der Waals surface area contributed by atoms with Crippen LogP contribution in [-0.2, 0) is 16.1 Å². The first kappa shape index (κ1) is 29.1. The number of primary amides is 1. The van der Waals surface area contributed by atoms with Crippen molar-refractivity contribution in [3.63, 3.8) is 0 Å². The Morgan fingerprint density at radius 1 is 1.26 bits per heavy atom. The van der Waals surface area contributed by atoms with Crippen molar-refractivity contribution < 1.29 is 28.2 Å². The van der Waals surface area contributed by atoms with Gasteiger partial charge < -0.3 is 30.6 Å². The fraction of sp³-hybridized carbons (Fsp3) is 0.310. The smallest absolute Gasteiger partial charge is 0.275 e. The van der Waals surface area contributed by atoms with Crippen molar-refractivity contribution in [2.24, 2.45) is 16.5 Å². The molecule has 3 aromatic rings. The number of fused-ring (bicyclic) bond motifs is 3. The van der Waals surface area contributed by atoms with E-state index in [9.17, 15) is 14.0 Å². The van der Waals surface area contributed by atoms with Gasteiger partial charge in [0.05, 0.1) is 37.2 Å². The summed E-state index contributed by atoms with van der Waals surface area (Å²) in [5.74, 6) is -0.599. The fourth-order valence-corrected chi connectivity index (χ4v) is 5.31. The third-order valence-corrected chi connectivity index (χ3v) is 7.28. The van der Waals surface area contributed by atoms with Crippen LogP contribution >= 0.6 is 11.6 Å². The second-order valence-corrected chi connectivity index (χ2v) is 10.9. The van der Waals surface area contributed by atoms with Crippen molar-refractivity contribution in [2.45, 2.75) is 26.0 Å². The molecule has 42 heavy (non-hydrogen) atoms. The van der Waals surface area contributed by atoms with Crippen LogP contribution < -0.4 is 20.9 Å². The fourth-order valence-electron chi connectivity index (χ4n) is 5.09. The molecule has 13 heteroatoms. The molecule has 0 spiro atoms. The van der Waals surface area contributed by atoms with E-state index in [0.29, 0.717) is 64.9 Å². The highest BCUT2D eigenvalue weighted by Crippen LogP contribution is 2.45. The molecule has 0 aliphatic carbocycles. The standard InChI is InChI=1S/C29H30ClFN6O5/c1-29(2)15-41-5-4-36(29)28(39)26-22-14-42-24-10-23(40-3)20(16(11-32)12-34-13-25(33)38)9-21(24)27(22)37(35-26)19-7-17(30)6-18(31)8-19/h6-12H,4-5,13-15,32H2,1-3H3,(H2,33,38). The van der Waals surface area contributed by atoms with Gasteiger partial charge in [-0.1, -0.05) is 11.6 Å². The van der Waals surface area contributed by atoms with Crippen molar-refractivity contribution in [2.75, 3.05) is 33.4 Å². The van der Waals surface area contributed by atoms with Crippen LogP contribution in [0.25, 0.3) is 22.5 Å². The Labute approximate surface area is 246 Å². The lowest BCUT2D eigenvalue weighted by Crippen LogP contribution is -2.55. The Bertz CT molecular complexity index is 1610. The molecular weight excluding hydrogens is 567 g/mol. The Hall–Kier alpha value is -4.42. The third-order valence-electron chi connectivity index (χ3n) is 7.07. The van der Waals surface area contributed by atoms with Gasteiger partial charge in [-0.15, -0.1) is 0 Å². The molecule has 0 unspecified atom stereocenters. The number of amides is 2. The molecule has 2 aliphatic rings. The van der Waals surface area contributed by atoms with Crippen LogP contribution in [0.5, 0.6) is 11.5 Å². The number of rotatable bonds is 7. The lowest BCUT2D eigenvalue weighted by Gasteiger charge is -2.41. The molecule has 1 fully saturated rings. The highest BCUT2D eigenvalue weighted by Gasteiger charge is 2.39. The van der Waals surface area contributed by atoms with Gasteiger partial charge in [-0.25, -0.2) is 9.07 Å². The second kappa shape index (κ2) is 11.5. The van der Waals surface area contributed by atoms with E-state index in [1.54, 1.807) is 23.1 Å². The van der Waals surface area contributed by atoms with E-state index in [4.69, 9.17) is 42.4 Å². The van der Waals surface area contributed by atoms with E-state index in [0.717, 1.165) is 0 Å². The molecule has 2 aliphatic heterocycles. The predicted octanol–water partition coefficient (Wildman–Crippen LogP) is 3.34. The monoisotopic (exact) mass is 596 g/mol. The maximum absolute atomic E-state index is 14.6. The number of methoxy groups -OCH3 is 1. The van der Waals surface area contributed by atoms with Gasteiger partial charge in [0, 0.05) is 52.3 Å². The van der Waals surface area contributed by atoms with Crippen LogP contribution in [0.2, 0.25) is 5.02 Å². The molecule has 2 amide bonds. The van der Waals surface area contributed by atoms with Gasteiger partial charge in [-0.2, -0.15) is 5.10 Å². The molecule has 0 atom stereocenters. The first-order valence-corrected chi connectivity index (χ1v) is 13.5. The molecule has 5 rings (SSSR count). The average Bonchev–Trinajstić information content (AvgIpc) is 3.34. The zero-order valence-corrected chi connectivity index (χ0v) is 24.1. The average molecular weight is 597 g/mol. The number of carbonyl (C=O) groups excluding carboxylic acids is 2. The summed E-state index contributed by atoms with van der Waals surface area (Å²) in [6.45, 7) is 4.79. The summed E-state index contributed by atoms with van der Waals surface area (Å²) in [4.78, 5) is 31.0. The molecule has 3 heterocycles. The van der Waals surface area contributed by atoms with Gasteiger partial charge in [0.2, 0.25) is 5.91 Å². The van der Waals surface area contributed by atoms with Gasteiger partial charge >= 0.3 is 0 Å². The van der Waals surface area contributed by atoms with Crippen molar-refractivity contribution in [3.8, 4) is 28.4 Å². The number of hydrogen-bond acceptors (Lipinski definition) is 8. The van der Waals surface area contributed by atoms with E-state index in [-0.39, 0.29) is 29.8 Å². The normalized spacial score (nSPS) is 16.1. The molecule has 1 saturated heterocycles. The van der Waals surface area contributed by atoms with E-state index < -0.39 is 17.3 Å². The molecule has 11 nitrogen and oxygen atoms in total. The summed E-state index contributed by atoms with van der Waals surface area (Å²) in [5, 5.41) is 4.89. The van der Waals surface area contributed by atoms with Gasteiger partial charge in [-0.3, -0.25) is 14.6 Å². The highest BCUT2D eigenvalue weighted by molar-refractivity contribution is 6.30. The van der Waals surface area contributed by atoms with Crippen molar-refractivity contribution in [1.82, 2.24) is 14.7 Å². The minimum Gasteiger partial charge on any atom is -0.496 e. The predicted molar refractivity (Wildman–Crippen MR) is 156 cm³/mol. The van der Waals surface area contributed by atoms with Crippen molar-refractivity contribution in [1.29, 1.82) is 0 Å². The number of nitrogens with two attached hydrogens (primary N) is 2. The number of halogens is 2. The van der Waals surface area contributed by atoms with Crippen molar-refractivity contribution in [3.05, 3.63) is 64.2 Å². The molecular formula is C29H30ClFN6O5. The summed E-state index contributed by atoms with van der Waals surface area (Å²) in [6.07, 6.45) is 2.73. The summed E-state index contributed by atoms with van der Waals surface area (Å²) >= 11 is 6.23. The van der Waals surface area contributed by atoms with Crippen LogP contribution in [0, 0.1) is 5.82 Å². The zero-order chi connectivity index (χ0) is 30.2. The molecule has 0 saturated carbocycles. The Kier molecular flexibility index (Phi) is 7.93. The molecule has 220 valence electrons. The molecule has 4 N–H and O–H groups in total. The number of ether oxygens (including phenoxy) is 3. The molecule has 2 aromatic carbocycles. The summed E-state index contributed by atoms with van der Waals surface area (Å²) < 4.78 is 33.4. The minimum absolute atomic E-state index is 0.0272. The number of allylic oxidation sites excluding steroid dienone is 1. The van der Waals surface area contributed by atoms with Crippen molar-refractivity contribution >= 4 is 35.2 Å². The van der Waals surface area contributed by atoms with Crippen LogP contribution in [0.3, 0.4) is 0 Å². The number of aliphatic imine (C=N–C) groups is 1. The van der Waals surface area contributed by atoms with E-state index >= 15 is 0 Å². The number of nitrogens with zero attached hydrogens (tertiary/aromatic N) is 4. The number of hydrogen-bond donors (Lipinski definition) is 2. The van der Waals surface area contributed by atoms with Crippen LogP contribution in [0.15, 0.2) is 41.5 Å². The Balaban J connectivity index is 1.73. The van der Waals surface area contributed by atoms with E-state index in [2.05, 4.69) is 4.99 Å². The van der Waals surface area contributed by atoms with Crippen LogP contribution in [0.1, 0.15) is 35.5 Å². The lowest BCUT2D eigenvalue weighted by atomic mass is 9.95. The Morgan fingerprint density at radius 3 is 2.71 bits per heavy atom. The van der Waals surface area contributed by atoms with Gasteiger partial charge in [0.1, 0.15) is 30.5 Å². The lowest BCUT2D eigenvalue weighted by molar-refractivity contribution is -0.116. The molecule has 0 bridgehead atoms. The second-order valence-electron chi connectivity index (χ2n) is 10.4. The van der Waals surface area contributed by atoms with Gasteiger partial charge in [-0.05, 0) is 38.1 Å². The maximum Gasteiger partial charge on any atom is 0.275 e. The maximum atomic E-state index is 14.6. The first-order chi connectivity index (χ1) is 20.0. The SMILES string of the molecule is COc1cc2c(cc1C(C=NCC(N)=O)=CN)-c1c(c(C(=O)N3CCOCC3(C)C)nn1-c1cc(F)cc(Cl)c1)CO2. The molecule has 0 radical (unpaired) electrons. The summed E-state index contributed by atoms with van der Waals surface area (Å²) in [6, 6.07) is 7.47. The van der Waals surface area contributed by atoms with E-state index in [1.807, 2.05) is 13.8 Å². The third kappa shape index (κ3) is 5.42. The zero-order valence-electron chi connectivity index (χ0n) is 23.3. The number of benzene rings is 2. The summed E-state index contributed by atoms with van der Waals surface area (Å²) in [7, 11) is 1.49. The van der Waals surface area contributed by atoms with Crippen LogP contribution in [0.4, 0.5) is 4.39 Å². The van der Waals surface area contributed by atoms with E-state index in [1.165, 1.54) is 36.3 Å². The highest BCUT2D eigenvalue weighted by atomic mass is 35.5.